The summed E-state index contributed by atoms with van der Waals surface area (Å²) in [5.74, 6) is -0.0665. The number of fused-ring (bicyclic) bond motifs is 4. The van der Waals surface area contributed by atoms with Crippen LogP contribution >= 0.6 is 0 Å². The number of hydrogen-bond donors (Lipinski definition) is 2. The highest BCUT2D eigenvalue weighted by Crippen LogP contribution is 2.39. The van der Waals surface area contributed by atoms with E-state index in [1.54, 1.807) is 12.1 Å². The van der Waals surface area contributed by atoms with Gasteiger partial charge in [-0.1, -0.05) is 60.7 Å². The van der Waals surface area contributed by atoms with E-state index in [2.05, 4.69) is 76.8 Å². The number of carbonyl (C=O) groups excluding carboxylic acids is 2. The van der Waals surface area contributed by atoms with Gasteiger partial charge in [0.2, 0.25) is 23.3 Å². The summed E-state index contributed by atoms with van der Waals surface area (Å²) < 4.78 is 3.81. The quantitative estimate of drug-likeness (QED) is 0.131. The van der Waals surface area contributed by atoms with Crippen LogP contribution in [0.3, 0.4) is 0 Å². The Bertz CT molecular complexity index is 2670. The number of aromatic hydroxyl groups is 2. The first kappa shape index (κ1) is 42.7. The molecule has 13 heteroatoms. The molecule has 2 aromatic heterocycles. The summed E-state index contributed by atoms with van der Waals surface area (Å²) in [5, 5.41) is 24.3. The highest BCUT2D eigenvalue weighted by Gasteiger charge is 2.33. The van der Waals surface area contributed by atoms with Gasteiger partial charge in [0.15, 0.2) is 0 Å². The number of aromatic nitrogens is 2. The second-order valence-corrected chi connectivity index (χ2v) is 17.2. The van der Waals surface area contributed by atoms with E-state index >= 15 is 0 Å². The van der Waals surface area contributed by atoms with Crippen molar-refractivity contribution < 1.29 is 19.8 Å². The van der Waals surface area contributed by atoms with Crippen LogP contribution in [0, 0.1) is 0 Å². The van der Waals surface area contributed by atoms with Gasteiger partial charge in [-0.3, -0.25) is 28.5 Å². The lowest BCUT2D eigenvalue weighted by molar-refractivity contribution is 0.106. The number of aliphatic imine (C=N–C) groups is 2. The predicted octanol–water partition coefficient (Wildman–Crippen LogP) is 6.69. The van der Waals surface area contributed by atoms with Crippen molar-refractivity contribution in [1.29, 1.82) is 0 Å². The van der Waals surface area contributed by atoms with Crippen LogP contribution < -0.4 is 0 Å². The number of likely N-dealkylation sites (tertiary alicyclic amines) is 1. The van der Waals surface area contributed by atoms with Gasteiger partial charge in [0.05, 0.1) is 46.9 Å². The third-order valence-corrected chi connectivity index (χ3v) is 12.2. The van der Waals surface area contributed by atoms with E-state index in [4.69, 9.17) is 0 Å². The average Bonchev–Trinajstić information content (AvgIpc) is 3.95. The summed E-state index contributed by atoms with van der Waals surface area (Å²) >= 11 is 0. The van der Waals surface area contributed by atoms with Gasteiger partial charge in [0.1, 0.15) is 11.4 Å². The number of carbonyl (C=O) groups is 2. The number of hydrogen-bond acceptors (Lipinski definition) is 11. The summed E-state index contributed by atoms with van der Waals surface area (Å²) in [6.45, 7) is 6.66. The van der Waals surface area contributed by atoms with Gasteiger partial charge < -0.3 is 24.9 Å². The van der Waals surface area contributed by atoms with Gasteiger partial charge in [-0.25, -0.2) is 9.98 Å². The Morgan fingerprint density at radius 1 is 0.581 bits per heavy atom. The molecule has 0 atom stereocenters. The average molecular weight is 836 g/mol. The van der Waals surface area contributed by atoms with Gasteiger partial charge in [-0.2, -0.15) is 0 Å². The predicted molar refractivity (Wildman–Crippen MR) is 248 cm³/mol. The molecule has 0 saturated carbocycles. The lowest BCUT2D eigenvalue weighted by Gasteiger charge is -2.35. The first-order valence-electron chi connectivity index (χ1n) is 21.4. The lowest BCUT2D eigenvalue weighted by atomic mass is 10.0. The van der Waals surface area contributed by atoms with Crippen LogP contribution in [0.1, 0.15) is 44.7 Å². The molecule has 62 heavy (non-hydrogen) atoms. The third kappa shape index (κ3) is 8.46. The zero-order valence-electron chi connectivity index (χ0n) is 36.6. The van der Waals surface area contributed by atoms with Crippen LogP contribution in [0.15, 0.2) is 107 Å². The van der Waals surface area contributed by atoms with E-state index in [9.17, 15) is 19.8 Å². The molecule has 0 aliphatic carbocycles. The number of likely N-dealkylation sites (N-methyl/N-ethyl adjacent to an activating group) is 2. The summed E-state index contributed by atoms with van der Waals surface area (Å²) in [6.07, 6.45) is 2.22. The zero-order valence-corrected chi connectivity index (χ0v) is 36.6. The molecule has 322 valence electrons. The zero-order chi connectivity index (χ0) is 43.7. The maximum absolute atomic E-state index is 13.1. The molecular formula is C49H57N9O4. The molecule has 1 fully saturated rings. The van der Waals surface area contributed by atoms with Crippen molar-refractivity contribution in [2.75, 3.05) is 81.6 Å². The summed E-state index contributed by atoms with van der Waals surface area (Å²) in [6, 6.07) is 31.0. The van der Waals surface area contributed by atoms with Crippen molar-refractivity contribution >= 4 is 56.2 Å². The van der Waals surface area contributed by atoms with Crippen molar-refractivity contribution in [3.8, 4) is 11.8 Å². The lowest BCUT2D eigenvalue weighted by Crippen LogP contribution is -2.42. The van der Waals surface area contributed by atoms with Gasteiger partial charge in [0, 0.05) is 67.2 Å². The minimum absolute atomic E-state index is 0.0887. The molecule has 2 N–H and O–H groups in total. The van der Waals surface area contributed by atoms with Crippen LogP contribution in [0.2, 0.25) is 0 Å². The fraction of sp³-hybridized carbons (Fsp3) is 0.347. The Balaban J connectivity index is 0.000000171. The maximum Gasteiger partial charge on any atom is 0.214 e. The fourth-order valence-corrected chi connectivity index (χ4v) is 8.71. The van der Waals surface area contributed by atoms with Gasteiger partial charge >= 0.3 is 0 Å². The molecule has 0 radical (unpaired) electrons. The SMILES string of the molecule is CN(C)C1CCN(Cn2c(O)c(C3=Nc4ccccc4C3=O)c3ccccc32)CC1.CN(C)CCN(CCN(C)C)Cn1c(O)c(C2=Nc3ccccc3C2=O)c2ccccc21. The van der Waals surface area contributed by atoms with E-state index in [1.165, 1.54) is 0 Å². The summed E-state index contributed by atoms with van der Waals surface area (Å²) in [7, 11) is 12.5. The second kappa shape index (κ2) is 18.2. The monoisotopic (exact) mass is 835 g/mol. The van der Waals surface area contributed by atoms with E-state index in [1.807, 2.05) is 94.1 Å². The molecule has 6 aromatic rings. The van der Waals surface area contributed by atoms with Gasteiger partial charge in [0.25, 0.3) is 0 Å². The van der Waals surface area contributed by atoms with Crippen molar-refractivity contribution in [3.05, 3.63) is 119 Å². The number of nitrogens with zero attached hydrogens (tertiary/aromatic N) is 9. The van der Waals surface area contributed by atoms with E-state index < -0.39 is 0 Å². The first-order chi connectivity index (χ1) is 29.9. The normalized spacial score (nSPS) is 15.6. The van der Waals surface area contributed by atoms with Crippen molar-refractivity contribution in [1.82, 2.24) is 33.6 Å². The van der Waals surface area contributed by atoms with Crippen LogP contribution in [0.5, 0.6) is 11.8 Å². The van der Waals surface area contributed by atoms with Crippen molar-refractivity contribution in [3.63, 3.8) is 0 Å². The molecule has 0 amide bonds. The smallest absolute Gasteiger partial charge is 0.214 e. The van der Waals surface area contributed by atoms with E-state index in [-0.39, 0.29) is 23.3 Å². The number of benzene rings is 4. The first-order valence-corrected chi connectivity index (χ1v) is 21.4. The summed E-state index contributed by atoms with van der Waals surface area (Å²) in [4.78, 5) is 46.6. The molecule has 9 rings (SSSR count). The second-order valence-electron chi connectivity index (χ2n) is 17.2. The van der Waals surface area contributed by atoms with Crippen molar-refractivity contribution in [2.24, 2.45) is 9.98 Å². The Morgan fingerprint density at radius 2 is 1.02 bits per heavy atom. The molecule has 13 nitrogen and oxygen atoms in total. The van der Waals surface area contributed by atoms with Crippen molar-refractivity contribution in [2.45, 2.75) is 32.2 Å². The standard InChI is InChI=1S/C25H31N5O2.C24H26N4O2/c1-27(2)13-15-29(16-14-28(3)4)17-30-21-12-8-6-10-19(21)22(25(30)32)23-24(31)18-9-5-7-11-20(18)26-23;1-26(2)16-11-13-27(14-12-16)15-28-20-10-6-4-8-18(20)21(24(28)30)22-23(29)17-7-3-5-9-19(17)25-22/h5-12,32H,13-17H2,1-4H3;3-10,16,30H,11-15H2,1-2H3. The molecule has 3 aliphatic heterocycles. The van der Waals surface area contributed by atoms with Gasteiger partial charge in [-0.15, -0.1) is 0 Å². The number of Topliss-reactive ketones (excluding diaryl/α,β-unsaturated/α-hetero) is 2. The van der Waals surface area contributed by atoms with Crippen LogP contribution in [-0.4, -0.2) is 154 Å². The van der Waals surface area contributed by atoms with Crippen LogP contribution in [-0.2, 0) is 13.3 Å². The number of ketones is 2. The molecule has 0 bridgehead atoms. The Hall–Kier alpha value is -5.96. The summed E-state index contributed by atoms with van der Waals surface area (Å²) in [5.41, 5.74) is 6.00. The van der Waals surface area contributed by atoms with Crippen LogP contribution in [0.25, 0.3) is 21.8 Å². The number of rotatable bonds is 13. The van der Waals surface area contributed by atoms with Crippen LogP contribution in [0.4, 0.5) is 11.4 Å². The highest BCUT2D eigenvalue weighted by atomic mass is 16.3. The number of para-hydroxylation sites is 4. The highest BCUT2D eigenvalue weighted by molar-refractivity contribution is 6.57. The molecule has 4 aromatic carbocycles. The molecule has 0 spiro atoms. The topological polar surface area (TPSA) is 125 Å². The molecule has 0 unspecified atom stereocenters. The largest absolute Gasteiger partial charge is 0.494 e. The Labute approximate surface area is 363 Å². The molecule has 5 heterocycles. The number of piperidine rings is 1. The van der Waals surface area contributed by atoms with E-state index in [0.717, 1.165) is 73.9 Å². The third-order valence-electron chi connectivity index (χ3n) is 12.2. The maximum atomic E-state index is 13.1. The van der Waals surface area contributed by atoms with E-state index in [0.29, 0.717) is 64.4 Å². The molecule has 3 aliphatic rings. The Kier molecular flexibility index (Phi) is 12.5. The Morgan fingerprint density at radius 3 is 1.48 bits per heavy atom. The molecule has 1 saturated heterocycles. The minimum Gasteiger partial charge on any atom is -0.494 e. The minimum atomic E-state index is -0.143. The molecular weight excluding hydrogens is 779 g/mol. The van der Waals surface area contributed by atoms with Gasteiger partial charge in [-0.05, 0) is 91.5 Å². The fourth-order valence-electron chi connectivity index (χ4n) is 8.71.